The van der Waals surface area contributed by atoms with Crippen molar-refractivity contribution in [2.45, 2.75) is 52.4 Å². The van der Waals surface area contributed by atoms with Gasteiger partial charge < -0.3 is 9.67 Å². The van der Waals surface area contributed by atoms with Crippen LogP contribution in [0.2, 0.25) is 0 Å². The minimum atomic E-state index is -0.0511. The number of para-hydroxylation sites is 3. The summed E-state index contributed by atoms with van der Waals surface area (Å²) in [5, 5.41) is 13.5. The number of phenolic OH excluding ortho intramolecular Hbond substituents is 1. The quantitative estimate of drug-likeness (QED) is 0.162. The Balaban J connectivity index is 0.00000533. The van der Waals surface area contributed by atoms with E-state index < -0.39 is 0 Å². The van der Waals surface area contributed by atoms with Gasteiger partial charge in [-0.2, -0.15) is 0 Å². The molecular formula is C59H49N4OPt-. The SMILES string of the molecule is CC(C)(C)c1cc(-c2cc(-c3[c-]c(-c4cc(-c5cccc6c7ccccc7n(-c7ccc(-c8ccncc8)cc7)c56)ccn4)ccc3)nc(-c3ccccc3O)c2)cc(C(C)(C)C)c1.[Pt]. The molecule has 0 aliphatic carbocycles. The summed E-state index contributed by atoms with van der Waals surface area (Å²) in [6.07, 6.45) is 5.56. The fourth-order valence-corrected chi connectivity index (χ4v) is 8.70. The number of benzene rings is 6. The van der Waals surface area contributed by atoms with Crippen molar-refractivity contribution in [3.05, 3.63) is 200 Å². The van der Waals surface area contributed by atoms with E-state index in [4.69, 9.17) is 9.97 Å². The number of phenols is 1. The zero-order valence-corrected chi connectivity index (χ0v) is 39.6. The van der Waals surface area contributed by atoms with Crippen LogP contribution < -0.4 is 0 Å². The summed E-state index contributed by atoms with van der Waals surface area (Å²) >= 11 is 0. The van der Waals surface area contributed by atoms with E-state index in [9.17, 15) is 5.11 Å². The number of nitrogens with zero attached hydrogens (tertiary/aromatic N) is 4. The zero-order chi connectivity index (χ0) is 44.2. The van der Waals surface area contributed by atoms with Crippen molar-refractivity contribution in [3.8, 4) is 78.6 Å². The van der Waals surface area contributed by atoms with Gasteiger partial charge in [0.1, 0.15) is 5.75 Å². The van der Waals surface area contributed by atoms with Gasteiger partial charge in [0, 0.05) is 78.6 Å². The van der Waals surface area contributed by atoms with Gasteiger partial charge in [-0.1, -0.05) is 144 Å². The Labute approximate surface area is 395 Å². The first-order chi connectivity index (χ1) is 30.9. The van der Waals surface area contributed by atoms with Crippen LogP contribution in [0.15, 0.2) is 182 Å². The first-order valence-corrected chi connectivity index (χ1v) is 21.9. The normalized spacial score (nSPS) is 11.8. The monoisotopic (exact) mass is 1020 g/mol. The minimum Gasteiger partial charge on any atom is -0.507 e. The standard InChI is InChI=1S/C59H49N4O.Pt/c1-58(2,3)45-32-43(33-46(37-45)59(4,5)6)44-35-53(62-54(36-44)51-16-8-10-20-56(51)64)42-14-11-13-41(31-42)52-34-40(27-30-61-52)48-17-12-18-50-49-15-7-9-19-55(49)63(57(48)50)47-23-21-38(22-24-47)39-25-28-60-29-26-39;/h7-30,32-37,64H,1-6H3;/q-1;. The molecule has 0 bridgehead atoms. The van der Waals surface area contributed by atoms with Gasteiger partial charge in [-0.25, -0.2) is 0 Å². The van der Waals surface area contributed by atoms with E-state index in [1.165, 1.54) is 21.9 Å². The predicted octanol–water partition coefficient (Wildman–Crippen LogP) is 15.1. The number of pyridine rings is 3. The molecule has 0 radical (unpaired) electrons. The van der Waals surface area contributed by atoms with E-state index in [0.29, 0.717) is 11.3 Å². The van der Waals surface area contributed by atoms with Crippen molar-refractivity contribution in [2.75, 3.05) is 0 Å². The minimum absolute atomic E-state index is 0. The smallest absolute Gasteiger partial charge is 0.124 e. The van der Waals surface area contributed by atoms with E-state index in [1.54, 1.807) is 6.07 Å². The van der Waals surface area contributed by atoms with Crippen LogP contribution in [0, 0.1) is 6.07 Å². The predicted molar refractivity (Wildman–Crippen MR) is 265 cm³/mol. The largest absolute Gasteiger partial charge is 0.507 e. The van der Waals surface area contributed by atoms with Crippen LogP contribution >= 0.6 is 0 Å². The van der Waals surface area contributed by atoms with Crippen LogP contribution in [-0.2, 0) is 31.9 Å². The molecule has 10 rings (SSSR count). The Kier molecular flexibility index (Phi) is 11.5. The van der Waals surface area contributed by atoms with Gasteiger partial charge in [0.15, 0.2) is 0 Å². The first kappa shape index (κ1) is 43.3. The molecule has 1 N–H and O–H groups in total. The molecule has 5 nitrogen and oxygen atoms in total. The summed E-state index contributed by atoms with van der Waals surface area (Å²) in [6.45, 7) is 13.6. The summed E-state index contributed by atoms with van der Waals surface area (Å²) in [5.74, 6) is 0.187. The molecule has 0 atom stereocenters. The summed E-state index contributed by atoms with van der Waals surface area (Å²) < 4.78 is 2.38. The third-order valence-electron chi connectivity index (χ3n) is 12.3. The average Bonchev–Trinajstić information content (AvgIpc) is 3.66. The Morgan fingerprint density at radius 2 is 1.05 bits per heavy atom. The zero-order valence-electron chi connectivity index (χ0n) is 37.4. The number of aromatic nitrogens is 4. The Morgan fingerprint density at radius 1 is 0.477 bits per heavy atom. The number of fused-ring (bicyclic) bond motifs is 3. The second kappa shape index (κ2) is 17.2. The van der Waals surface area contributed by atoms with Gasteiger partial charge in [-0.05, 0) is 104 Å². The molecule has 6 heteroatoms. The van der Waals surface area contributed by atoms with Gasteiger partial charge in [-0.15, -0.1) is 24.3 Å². The van der Waals surface area contributed by atoms with Crippen LogP contribution in [-0.4, -0.2) is 24.6 Å². The topological polar surface area (TPSA) is 63.8 Å². The molecule has 4 heterocycles. The molecule has 0 saturated carbocycles. The van der Waals surface area contributed by atoms with Gasteiger partial charge >= 0.3 is 0 Å². The van der Waals surface area contributed by atoms with Gasteiger partial charge in [0.2, 0.25) is 0 Å². The second-order valence-corrected chi connectivity index (χ2v) is 18.7. The summed E-state index contributed by atoms with van der Waals surface area (Å²) in [6, 6.07) is 60.8. The molecule has 0 aliphatic rings. The van der Waals surface area contributed by atoms with Crippen molar-refractivity contribution in [1.82, 2.24) is 19.5 Å². The maximum Gasteiger partial charge on any atom is 0.124 e. The maximum absolute atomic E-state index is 11.1. The van der Waals surface area contributed by atoms with Gasteiger partial charge in [0.05, 0.1) is 16.7 Å². The van der Waals surface area contributed by atoms with E-state index in [1.807, 2.05) is 48.9 Å². The molecule has 322 valence electrons. The number of hydrogen-bond acceptors (Lipinski definition) is 4. The number of aromatic hydroxyl groups is 1. The molecule has 0 fully saturated rings. The molecule has 65 heavy (non-hydrogen) atoms. The Bertz CT molecular complexity index is 3330. The average molecular weight is 1030 g/mol. The second-order valence-electron chi connectivity index (χ2n) is 18.7. The summed E-state index contributed by atoms with van der Waals surface area (Å²) in [5.41, 5.74) is 17.0. The molecule has 10 aromatic rings. The van der Waals surface area contributed by atoms with E-state index in [2.05, 4.69) is 185 Å². The molecule has 0 unspecified atom stereocenters. The van der Waals surface area contributed by atoms with Crippen molar-refractivity contribution in [3.63, 3.8) is 0 Å². The van der Waals surface area contributed by atoms with Crippen LogP contribution in [0.3, 0.4) is 0 Å². The summed E-state index contributed by atoms with van der Waals surface area (Å²) in [4.78, 5) is 14.3. The molecule has 0 spiro atoms. The molecular weight excluding hydrogens is 976 g/mol. The third kappa shape index (κ3) is 8.45. The molecule has 0 aliphatic heterocycles. The molecule has 4 aromatic heterocycles. The van der Waals surface area contributed by atoms with Gasteiger partial charge in [-0.3, -0.25) is 15.0 Å². The van der Waals surface area contributed by atoms with Crippen LogP contribution in [0.5, 0.6) is 5.75 Å². The van der Waals surface area contributed by atoms with E-state index in [-0.39, 0.29) is 37.6 Å². The first-order valence-electron chi connectivity index (χ1n) is 21.9. The van der Waals surface area contributed by atoms with Crippen molar-refractivity contribution in [1.29, 1.82) is 0 Å². The van der Waals surface area contributed by atoms with Crippen molar-refractivity contribution < 1.29 is 26.2 Å². The third-order valence-corrected chi connectivity index (χ3v) is 12.3. The number of hydrogen-bond donors (Lipinski definition) is 1. The van der Waals surface area contributed by atoms with E-state index in [0.717, 1.165) is 72.6 Å². The molecule has 6 aromatic carbocycles. The number of rotatable bonds is 7. The molecule has 0 saturated heterocycles. The summed E-state index contributed by atoms with van der Waals surface area (Å²) in [7, 11) is 0. The van der Waals surface area contributed by atoms with Gasteiger partial charge in [0.25, 0.3) is 0 Å². The van der Waals surface area contributed by atoms with E-state index >= 15 is 0 Å². The maximum atomic E-state index is 11.1. The Hall–Kier alpha value is -6.94. The van der Waals surface area contributed by atoms with Crippen molar-refractivity contribution >= 4 is 21.8 Å². The van der Waals surface area contributed by atoms with Crippen LogP contribution in [0.1, 0.15) is 52.7 Å². The molecule has 0 amide bonds. The van der Waals surface area contributed by atoms with Crippen LogP contribution in [0.25, 0.3) is 94.6 Å². The van der Waals surface area contributed by atoms with Crippen LogP contribution in [0.4, 0.5) is 0 Å². The Morgan fingerprint density at radius 3 is 1.77 bits per heavy atom. The fourth-order valence-electron chi connectivity index (χ4n) is 8.70. The van der Waals surface area contributed by atoms with Crippen molar-refractivity contribution in [2.24, 2.45) is 0 Å². The fraction of sp³-hybridized carbons (Fsp3) is 0.136.